The molecule has 1 aromatic carbocycles. The Kier molecular flexibility index (Phi) is 1.93. The third-order valence-corrected chi connectivity index (χ3v) is 2.11. The predicted molar refractivity (Wildman–Crippen MR) is 49.5 cm³/mol. The van der Waals surface area contributed by atoms with Crippen LogP contribution in [0.1, 0.15) is 12.8 Å². The molecule has 0 radical (unpaired) electrons. The normalized spacial score (nSPS) is 15.4. The molecule has 1 aromatic rings. The summed E-state index contributed by atoms with van der Waals surface area (Å²) in [6, 6.07) is 6.75. The molecule has 13 heavy (non-hydrogen) atoms. The fourth-order valence-electron chi connectivity index (χ4n) is 1.16. The van der Waals surface area contributed by atoms with Gasteiger partial charge in [-0.2, -0.15) is 0 Å². The second kappa shape index (κ2) is 3.09. The summed E-state index contributed by atoms with van der Waals surface area (Å²) in [7, 11) is 0. The fourth-order valence-corrected chi connectivity index (χ4v) is 1.16. The number of hydrogen-bond acceptors (Lipinski definition) is 2. The summed E-state index contributed by atoms with van der Waals surface area (Å²) in [5, 5.41) is 12.0. The molecule has 3 nitrogen and oxygen atoms in total. The molecule has 1 saturated carbocycles. The van der Waals surface area contributed by atoms with Crippen LogP contribution in [0.3, 0.4) is 0 Å². The van der Waals surface area contributed by atoms with Gasteiger partial charge in [0.1, 0.15) is 5.75 Å². The number of aromatic hydroxyl groups is 1. The van der Waals surface area contributed by atoms with Gasteiger partial charge in [0.05, 0.1) is 5.69 Å². The van der Waals surface area contributed by atoms with Gasteiger partial charge in [0.15, 0.2) is 0 Å². The Morgan fingerprint density at radius 1 is 1.38 bits per heavy atom. The largest absolute Gasteiger partial charge is 0.506 e. The van der Waals surface area contributed by atoms with Crippen LogP contribution < -0.4 is 5.32 Å². The molecule has 1 fully saturated rings. The first-order chi connectivity index (χ1) is 6.27. The lowest BCUT2D eigenvalue weighted by atomic mass is 10.3. The van der Waals surface area contributed by atoms with Crippen molar-refractivity contribution in [3.63, 3.8) is 0 Å². The lowest BCUT2D eigenvalue weighted by Gasteiger charge is -2.05. The molecule has 0 aromatic heterocycles. The maximum absolute atomic E-state index is 11.3. The van der Waals surface area contributed by atoms with Crippen molar-refractivity contribution >= 4 is 11.6 Å². The quantitative estimate of drug-likeness (QED) is 0.676. The molecule has 0 spiro atoms. The highest BCUT2D eigenvalue weighted by atomic mass is 16.3. The number of rotatable bonds is 2. The molecule has 0 aliphatic heterocycles. The van der Waals surface area contributed by atoms with Gasteiger partial charge in [0.2, 0.25) is 5.91 Å². The van der Waals surface area contributed by atoms with Gasteiger partial charge in [-0.15, -0.1) is 0 Å². The average Bonchev–Trinajstić information content (AvgIpc) is 2.91. The maximum Gasteiger partial charge on any atom is 0.227 e. The van der Waals surface area contributed by atoms with Crippen LogP contribution in [0.2, 0.25) is 0 Å². The highest BCUT2D eigenvalue weighted by Gasteiger charge is 2.29. The lowest BCUT2D eigenvalue weighted by molar-refractivity contribution is -0.117. The number of hydrogen-bond donors (Lipinski definition) is 2. The lowest BCUT2D eigenvalue weighted by Crippen LogP contribution is -2.13. The minimum Gasteiger partial charge on any atom is -0.506 e. The summed E-state index contributed by atoms with van der Waals surface area (Å²) in [6.45, 7) is 0. The van der Waals surface area contributed by atoms with Crippen LogP contribution >= 0.6 is 0 Å². The van der Waals surface area contributed by atoms with Crippen LogP contribution in [0.5, 0.6) is 5.75 Å². The van der Waals surface area contributed by atoms with Crippen molar-refractivity contribution in [2.75, 3.05) is 5.32 Å². The van der Waals surface area contributed by atoms with E-state index in [4.69, 9.17) is 0 Å². The zero-order chi connectivity index (χ0) is 9.26. The standard InChI is InChI=1S/C10H11NO2/c12-9-4-2-1-3-8(9)11-10(13)7-5-6-7/h1-4,7,12H,5-6H2,(H,11,13). The molecule has 1 aliphatic carbocycles. The Morgan fingerprint density at radius 2 is 2.08 bits per heavy atom. The van der Waals surface area contributed by atoms with E-state index in [1.165, 1.54) is 0 Å². The number of amides is 1. The number of phenolic OH excluding ortho intramolecular Hbond substituents is 1. The minimum absolute atomic E-state index is 0.0153. The summed E-state index contributed by atoms with van der Waals surface area (Å²) in [5.41, 5.74) is 0.499. The summed E-state index contributed by atoms with van der Waals surface area (Å²) >= 11 is 0. The molecule has 0 heterocycles. The fraction of sp³-hybridized carbons (Fsp3) is 0.300. The van der Waals surface area contributed by atoms with E-state index in [-0.39, 0.29) is 17.6 Å². The zero-order valence-corrected chi connectivity index (χ0v) is 7.16. The Bertz CT molecular complexity index is 331. The summed E-state index contributed by atoms with van der Waals surface area (Å²) < 4.78 is 0. The predicted octanol–water partition coefficient (Wildman–Crippen LogP) is 1.74. The van der Waals surface area contributed by atoms with E-state index in [2.05, 4.69) is 5.32 Å². The second-order valence-corrected chi connectivity index (χ2v) is 3.28. The number of carbonyl (C=O) groups is 1. The molecule has 2 N–H and O–H groups in total. The first-order valence-electron chi connectivity index (χ1n) is 4.36. The van der Waals surface area contributed by atoms with Crippen molar-refractivity contribution in [3.8, 4) is 5.75 Å². The van der Waals surface area contributed by atoms with E-state index in [0.29, 0.717) is 5.69 Å². The Hall–Kier alpha value is -1.51. The molecular formula is C10H11NO2. The van der Waals surface area contributed by atoms with E-state index < -0.39 is 0 Å². The molecule has 68 valence electrons. The first kappa shape index (κ1) is 8.10. The van der Waals surface area contributed by atoms with Crippen molar-refractivity contribution in [2.24, 2.45) is 5.92 Å². The molecule has 0 unspecified atom stereocenters. The van der Waals surface area contributed by atoms with Crippen molar-refractivity contribution in [1.82, 2.24) is 0 Å². The van der Waals surface area contributed by atoms with Gasteiger partial charge in [-0.25, -0.2) is 0 Å². The minimum atomic E-state index is 0.0153. The van der Waals surface area contributed by atoms with Crippen molar-refractivity contribution in [1.29, 1.82) is 0 Å². The van der Waals surface area contributed by atoms with Gasteiger partial charge in [-0.05, 0) is 25.0 Å². The van der Waals surface area contributed by atoms with Gasteiger partial charge in [0, 0.05) is 5.92 Å². The number of para-hydroxylation sites is 2. The third kappa shape index (κ3) is 1.80. The molecule has 0 atom stereocenters. The first-order valence-corrected chi connectivity index (χ1v) is 4.36. The SMILES string of the molecule is O=C(Nc1ccccc1O)C1CC1. The number of benzene rings is 1. The van der Waals surface area contributed by atoms with E-state index in [0.717, 1.165) is 12.8 Å². The Balaban J connectivity index is 2.08. The maximum atomic E-state index is 11.3. The number of phenols is 1. The molecular weight excluding hydrogens is 166 g/mol. The molecule has 0 saturated heterocycles. The molecule has 3 heteroatoms. The number of nitrogens with one attached hydrogen (secondary N) is 1. The van der Waals surface area contributed by atoms with Crippen molar-refractivity contribution in [2.45, 2.75) is 12.8 Å². The van der Waals surface area contributed by atoms with E-state index in [1.807, 2.05) is 0 Å². The van der Waals surface area contributed by atoms with Crippen LogP contribution in [0.4, 0.5) is 5.69 Å². The van der Waals surface area contributed by atoms with Crippen molar-refractivity contribution in [3.05, 3.63) is 24.3 Å². The molecule has 1 amide bonds. The van der Waals surface area contributed by atoms with E-state index in [1.54, 1.807) is 24.3 Å². The van der Waals surface area contributed by atoms with Gasteiger partial charge in [0.25, 0.3) is 0 Å². The third-order valence-electron chi connectivity index (χ3n) is 2.11. The van der Waals surface area contributed by atoms with Crippen molar-refractivity contribution < 1.29 is 9.90 Å². The molecule has 2 rings (SSSR count). The summed E-state index contributed by atoms with van der Waals surface area (Å²) in [5.74, 6) is 0.303. The van der Waals surface area contributed by atoms with E-state index in [9.17, 15) is 9.90 Å². The summed E-state index contributed by atoms with van der Waals surface area (Å²) in [4.78, 5) is 11.3. The highest BCUT2D eigenvalue weighted by Crippen LogP contribution is 2.31. The monoisotopic (exact) mass is 177 g/mol. The summed E-state index contributed by atoms with van der Waals surface area (Å²) in [6.07, 6.45) is 1.94. The topological polar surface area (TPSA) is 49.3 Å². The second-order valence-electron chi connectivity index (χ2n) is 3.28. The van der Waals surface area contributed by atoms with E-state index >= 15 is 0 Å². The van der Waals surface area contributed by atoms with Crippen LogP contribution in [0, 0.1) is 5.92 Å². The van der Waals surface area contributed by atoms with Gasteiger partial charge in [-0.1, -0.05) is 12.1 Å². The van der Waals surface area contributed by atoms with Gasteiger partial charge >= 0.3 is 0 Å². The van der Waals surface area contributed by atoms with Crippen LogP contribution in [0.15, 0.2) is 24.3 Å². The highest BCUT2D eigenvalue weighted by molar-refractivity contribution is 5.95. The Labute approximate surface area is 76.4 Å². The van der Waals surface area contributed by atoms with Crippen LogP contribution in [-0.2, 0) is 4.79 Å². The zero-order valence-electron chi connectivity index (χ0n) is 7.16. The van der Waals surface area contributed by atoms with Crippen LogP contribution in [-0.4, -0.2) is 11.0 Å². The smallest absolute Gasteiger partial charge is 0.227 e. The Morgan fingerprint density at radius 3 is 2.69 bits per heavy atom. The number of anilines is 1. The average molecular weight is 177 g/mol. The van der Waals surface area contributed by atoms with Crippen LogP contribution in [0.25, 0.3) is 0 Å². The molecule has 1 aliphatic rings. The number of carbonyl (C=O) groups excluding carboxylic acids is 1. The molecule has 0 bridgehead atoms. The van der Waals surface area contributed by atoms with Gasteiger partial charge in [-0.3, -0.25) is 4.79 Å². The van der Waals surface area contributed by atoms with Gasteiger partial charge < -0.3 is 10.4 Å².